The van der Waals surface area contributed by atoms with Crippen LogP contribution in [-0.2, 0) is 30.3 Å². The summed E-state index contributed by atoms with van der Waals surface area (Å²) in [6.07, 6.45) is -0.415. The maximum absolute atomic E-state index is 13.5. The molecule has 2 atom stereocenters. The number of halogens is 1. The number of amides is 2. The molecule has 1 unspecified atom stereocenters. The van der Waals surface area contributed by atoms with Crippen LogP contribution in [0.5, 0.6) is 0 Å². The second-order valence-electron chi connectivity index (χ2n) is 9.36. The Morgan fingerprint density at radius 3 is 2.27 bits per heavy atom. The zero-order valence-corrected chi connectivity index (χ0v) is 22.1. The van der Waals surface area contributed by atoms with Crippen molar-refractivity contribution in [3.8, 4) is 0 Å². The van der Waals surface area contributed by atoms with E-state index in [1.165, 1.54) is 28.8 Å². The highest BCUT2D eigenvalue weighted by Gasteiger charge is 2.36. The number of carbonyl (C=O) groups is 4. The van der Waals surface area contributed by atoms with E-state index < -0.39 is 40.9 Å². The molecule has 2 aromatic carbocycles. The summed E-state index contributed by atoms with van der Waals surface area (Å²) in [5, 5.41) is 4.02. The SMILES string of the molecule is CC(C)OC(=O)C(=O)[C@H](Cc1ccccc1)NC(=O)CN1C(=O)C(C(C)C)SC=C1c1ccc(F)cc1. The van der Waals surface area contributed by atoms with Crippen molar-refractivity contribution in [1.29, 1.82) is 0 Å². The number of nitrogens with zero attached hydrogens (tertiary/aromatic N) is 1. The van der Waals surface area contributed by atoms with E-state index in [1.807, 2.05) is 19.9 Å². The van der Waals surface area contributed by atoms with Gasteiger partial charge in [-0.1, -0.05) is 44.2 Å². The number of benzene rings is 2. The third-order valence-electron chi connectivity index (χ3n) is 5.65. The van der Waals surface area contributed by atoms with Crippen molar-refractivity contribution >= 4 is 41.0 Å². The number of rotatable bonds is 10. The second kappa shape index (κ2) is 12.7. The maximum atomic E-state index is 13.5. The van der Waals surface area contributed by atoms with E-state index in [2.05, 4.69) is 5.32 Å². The fourth-order valence-electron chi connectivity index (χ4n) is 3.84. The molecular formula is C28H31FN2O5S. The van der Waals surface area contributed by atoms with Crippen LogP contribution in [0, 0.1) is 11.7 Å². The highest BCUT2D eigenvalue weighted by atomic mass is 32.2. The number of carbonyl (C=O) groups excluding carboxylic acids is 4. The van der Waals surface area contributed by atoms with Crippen LogP contribution in [0.3, 0.4) is 0 Å². The van der Waals surface area contributed by atoms with Crippen molar-refractivity contribution in [1.82, 2.24) is 10.2 Å². The summed E-state index contributed by atoms with van der Waals surface area (Å²) in [6, 6.07) is 13.5. The predicted molar refractivity (Wildman–Crippen MR) is 141 cm³/mol. The standard InChI is InChI=1S/C28H31FN2O5S/c1-17(2)26-27(34)31(23(16-37-26)20-10-12-21(29)13-11-20)15-24(32)30-22(14-19-8-6-5-7-9-19)25(33)28(35)36-18(3)4/h5-13,16-18,22,26H,14-15H2,1-4H3,(H,30,32)/t22-,26?/m0/s1. The lowest BCUT2D eigenvalue weighted by Gasteiger charge is -2.34. The van der Waals surface area contributed by atoms with E-state index in [4.69, 9.17) is 4.74 Å². The lowest BCUT2D eigenvalue weighted by atomic mass is 10.0. The molecule has 0 aliphatic carbocycles. The van der Waals surface area contributed by atoms with Crippen molar-refractivity contribution in [2.75, 3.05) is 6.54 Å². The van der Waals surface area contributed by atoms with Crippen molar-refractivity contribution in [2.24, 2.45) is 5.92 Å². The monoisotopic (exact) mass is 526 g/mol. The number of thioether (sulfide) groups is 1. The van der Waals surface area contributed by atoms with Crippen LogP contribution in [0.2, 0.25) is 0 Å². The van der Waals surface area contributed by atoms with Gasteiger partial charge in [0, 0.05) is 6.42 Å². The number of ketones is 1. The normalized spacial score (nSPS) is 16.4. The van der Waals surface area contributed by atoms with Gasteiger partial charge in [0.15, 0.2) is 0 Å². The van der Waals surface area contributed by atoms with Crippen LogP contribution in [0.15, 0.2) is 60.0 Å². The molecule has 37 heavy (non-hydrogen) atoms. The van der Waals surface area contributed by atoms with E-state index >= 15 is 0 Å². The van der Waals surface area contributed by atoms with E-state index in [0.29, 0.717) is 11.3 Å². The first-order valence-electron chi connectivity index (χ1n) is 12.1. The molecular weight excluding hydrogens is 495 g/mol. The molecule has 3 rings (SSSR count). The van der Waals surface area contributed by atoms with Crippen LogP contribution >= 0.6 is 11.8 Å². The maximum Gasteiger partial charge on any atom is 0.377 e. The van der Waals surface area contributed by atoms with Gasteiger partial charge in [-0.15, -0.1) is 11.8 Å². The number of Topliss-reactive ketones (excluding diaryl/α,β-unsaturated/α-hetero) is 1. The number of nitrogens with one attached hydrogen (secondary N) is 1. The lowest BCUT2D eigenvalue weighted by Crippen LogP contribution is -2.51. The Morgan fingerprint density at radius 1 is 1.03 bits per heavy atom. The molecule has 2 amide bonds. The molecule has 1 heterocycles. The first-order chi connectivity index (χ1) is 17.6. The Hall–Kier alpha value is -3.46. The van der Waals surface area contributed by atoms with Gasteiger partial charge in [-0.05, 0) is 60.6 Å². The molecule has 196 valence electrons. The van der Waals surface area contributed by atoms with Crippen molar-refractivity contribution < 1.29 is 28.3 Å². The summed E-state index contributed by atoms with van der Waals surface area (Å²) in [6.45, 7) is 6.72. The van der Waals surface area contributed by atoms with Gasteiger partial charge in [0.05, 0.1) is 17.1 Å². The van der Waals surface area contributed by atoms with Crippen molar-refractivity contribution in [3.63, 3.8) is 0 Å². The molecule has 0 saturated heterocycles. The van der Waals surface area contributed by atoms with Gasteiger partial charge in [-0.2, -0.15) is 0 Å². The summed E-state index contributed by atoms with van der Waals surface area (Å²) in [4.78, 5) is 53.2. The highest BCUT2D eigenvalue weighted by molar-refractivity contribution is 8.03. The zero-order chi connectivity index (χ0) is 27.1. The first-order valence-corrected chi connectivity index (χ1v) is 13.0. The van der Waals surface area contributed by atoms with Crippen molar-refractivity contribution in [2.45, 2.75) is 51.5 Å². The number of ether oxygens (including phenoxy) is 1. The Bertz CT molecular complexity index is 1160. The third-order valence-corrected chi connectivity index (χ3v) is 7.05. The molecule has 0 spiro atoms. The van der Waals surface area contributed by atoms with E-state index in [1.54, 1.807) is 55.7 Å². The fourth-order valence-corrected chi connectivity index (χ4v) is 4.94. The first kappa shape index (κ1) is 28.1. The van der Waals surface area contributed by atoms with Gasteiger partial charge in [0.25, 0.3) is 5.78 Å². The van der Waals surface area contributed by atoms with Crippen LogP contribution in [0.25, 0.3) is 5.70 Å². The van der Waals surface area contributed by atoms with E-state index in [9.17, 15) is 23.6 Å². The summed E-state index contributed by atoms with van der Waals surface area (Å²) in [7, 11) is 0. The zero-order valence-electron chi connectivity index (χ0n) is 21.3. The van der Waals surface area contributed by atoms with Crippen molar-refractivity contribution in [3.05, 3.63) is 76.9 Å². The van der Waals surface area contributed by atoms with Gasteiger partial charge in [0.2, 0.25) is 11.8 Å². The average Bonchev–Trinajstić information content (AvgIpc) is 2.85. The Labute approximate surface area is 220 Å². The molecule has 9 heteroatoms. The van der Waals surface area contributed by atoms with Gasteiger partial charge < -0.3 is 15.0 Å². The van der Waals surface area contributed by atoms with Crippen LogP contribution in [0.4, 0.5) is 4.39 Å². The largest absolute Gasteiger partial charge is 0.457 e. The van der Waals surface area contributed by atoms with Gasteiger partial charge >= 0.3 is 5.97 Å². The van der Waals surface area contributed by atoms with E-state index in [-0.39, 0.29) is 24.8 Å². The molecule has 0 fully saturated rings. The minimum Gasteiger partial charge on any atom is -0.457 e. The molecule has 7 nitrogen and oxygen atoms in total. The van der Waals surface area contributed by atoms with Gasteiger partial charge in [-0.25, -0.2) is 9.18 Å². The molecule has 0 bridgehead atoms. The Kier molecular flexibility index (Phi) is 9.63. The molecule has 0 aromatic heterocycles. The number of hydrogen-bond donors (Lipinski definition) is 1. The smallest absolute Gasteiger partial charge is 0.377 e. The molecule has 1 aliphatic rings. The van der Waals surface area contributed by atoms with Crippen LogP contribution in [0.1, 0.15) is 38.8 Å². The van der Waals surface area contributed by atoms with Crippen LogP contribution in [-0.4, -0.2) is 52.4 Å². The summed E-state index contributed by atoms with van der Waals surface area (Å²) >= 11 is 1.35. The number of esters is 1. The Balaban J connectivity index is 1.85. The van der Waals surface area contributed by atoms with Gasteiger partial charge in [0.1, 0.15) is 18.4 Å². The molecule has 1 aliphatic heterocycles. The third kappa shape index (κ3) is 7.52. The molecule has 0 saturated carbocycles. The van der Waals surface area contributed by atoms with Crippen LogP contribution < -0.4 is 5.32 Å². The molecule has 0 radical (unpaired) electrons. The molecule has 2 aromatic rings. The second-order valence-corrected chi connectivity index (χ2v) is 10.4. The van der Waals surface area contributed by atoms with E-state index in [0.717, 1.165) is 5.56 Å². The van der Waals surface area contributed by atoms with Gasteiger partial charge in [-0.3, -0.25) is 14.4 Å². The quantitative estimate of drug-likeness (QED) is 0.372. The summed E-state index contributed by atoms with van der Waals surface area (Å²) in [5.41, 5.74) is 1.79. The number of hydrogen-bond acceptors (Lipinski definition) is 6. The summed E-state index contributed by atoms with van der Waals surface area (Å²) < 4.78 is 18.6. The fraction of sp³-hybridized carbons (Fsp3) is 0.357. The highest BCUT2D eigenvalue weighted by Crippen LogP contribution is 2.35. The minimum absolute atomic E-state index is 0.00675. The predicted octanol–water partition coefficient (Wildman–Crippen LogP) is 3.97. The average molecular weight is 527 g/mol. The topological polar surface area (TPSA) is 92.8 Å². The Morgan fingerprint density at radius 2 is 1.68 bits per heavy atom. The summed E-state index contributed by atoms with van der Waals surface area (Å²) in [5.74, 6) is -3.19. The lowest BCUT2D eigenvalue weighted by molar-refractivity contribution is -0.157. The minimum atomic E-state index is -1.17. The molecule has 1 N–H and O–H groups in total.